The van der Waals surface area contributed by atoms with Gasteiger partial charge in [-0.25, -0.2) is 0 Å². The molecule has 3 nitrogen and oxygen atoms in total. The van der Waals surface area contributed by atoms with Gasteiger partial charge in [0.1, 0.15) is 0 Å². The van der Waals surface area contributed by atoms with E-state index < -0.39 is 0 Å². The first-order valence-corrected chi connectivity index (χ1v) is 5.61. The number of carbonyl (C=O) groups excluding carboxylic acids is 1. The molecule has 2 fully saturated rings. The average molecular weight is 197 g/mol. The quantitative estimate of drug-likeness (QED) is 0.647. The Hall–Kier alpha value is -0.570. The summed E-state index contributed by atoms with van der Waals surface area (Å²) in [4.78, 5) is 11.6. The van der Waals surface area contributed by atoms with E-state index in [1.165, 1.54) is 26.4 Å². The Labute approximate surface area is 85.2 Å². The van der Waals surface area contributed by atoms with Gasteiger partial charge in [0.2, 0.25) is 0 Å². The molecule has 1 spiro atoms. The van der Waals surface area contributed by atoms with E-state index in [-0.39, 0.29) is 17.4 Å². The van der Waals surface area contributed by atoms with E-state index in [2.05, 4.69) is 5.32 Å². The highest BCUT2D eigenvalue weighted by atomic mass is 16.5. The van der Waals surface area contributed by atoms with E-state index in [1.54, 1.807) is 0 Å². The van der Waals surface area contributed by atoms with Crippen LogP contribution in [-0.2, 0) is 9.53 Å². The minimum Gasteiger partial charge on any atom is -0.469 e. The summed E-state index contributed by atoms with van der Waals surface area (Å²) in [5, 5.41) is 3.54. The molecule has 2 rings (SSSR count). The Bertz CT molecular complexity index is 221. The molecule has 2 aliphatic rings. The number of methoxy groups -OCH3 is 1. The molecule has 80 valence electrons. The lowest BCUT2D eigenvalue weighted by atomic mass is 9.74. The standard InChI is InChI=1S/C11H19NO2/c1-14-10(13)9-5-8-12-11(9)6-3-2-4-7-11/h9,12H,2-8H2,1H3. The molecule has 0 bridgehead atoms. The summed E-state index contributed by atoms with van der Waals surface area (Å²) in [6.07, 6.45) is 7.06. The first-order valence-electron chi connectivity index (χ1n) is 5.61. The van der Waals surface area contributed by atoms with E-state index in [9.17, 15) is 4.79 Å². The van der Waals surface area contributed by atoms with Crippen molar-refractivity contribution in [1.29, 1.82) is 0 Å². The Morgan fingerprint density at radius 2 is 2.07 bits per heavy atom. The van der Waals surface area contributed by atoms with Crippen LogP contribution in [0.15, 0.2) is 0 Å². The lowest BCUT2D eigenvalue weighted by Crippen LogP contribution is -2.49. The predicted molar refractivity (Wildman–Crippen MR) is 53.9 cm³/mol. The summed E-state index contributed by atoms with van der Waals surface area (Å²) in [6, 6.07) is 0. The monoisotopic (exact) mass is 197 g/mol. The molecule has 1 aliphatic carbocycles. The molecule has 0 amide bonds. The number of ether oxygens (including phenoxy) is 1. The topological polar surface area (TPSA) is 38.3 Å². The normalized spacial score (nSPS) is 30.5. The molecule has 1 saturated heterocycles. The van der Waals surface area contributed by atoms with Crippen molar-refractivity contribution in [3.05, 3.63) is 0 Å². The fourth-order valence-electron chi connectivity index (χ4n) is 3.06. The third kappa shape index (κ3) is 1.54. The predicted octanol–water partition coefficient (Wildman–Crippen LogP) is 1.47. The van der Waals surface area contributed by atoms with Crippen molar-refractivity contribution in [3.63, 3.8) is 0 Å². The summed E-state index contributed by atoms with van der Waals surface area (Å²) in [6.45, 7) is 0.972. The first-order chi connectivity index (χ1) is 6.78. The molecule has 1 atom stereocenters. The van der Waals surface area contributed by atoms with Gasteiger partial charge in [0, 0.05) is 5.54 Å². The SMILES string of the molecule is COC(=O)C1CCNC12CCCCC2. The third-order valence-corrected chi connectivity index (χ3v) is 3.81. The molecule has 1 N–H and O–H groups in total. The van der Waals surface area contributed by atoms with Crippen LogP contribution in [0.3, 0.4) is 0 Å². The van der Waals surface area contributed by atoms with Crippen LogP contribution in [0, 0.1) is 5.92 Å². The van der Waals surface area contributed by atoms with Crippen molar-refractivity contribution in [3.8, 4) is 0 Å². The van der Waals surface area contributed by atoms with Gasteiger partial charge in [0.15, 0.2) is 0 Å². The van der Waals surface area contributed by atoms with Crippen LogP contribution >= 0.6 is 0 Å². The molecular weight excluding hydrogens is 178 g/mol. The van der Waals surface area contributed by atoms with Gasteiger partial charge in [-0.3, -0.25) is 4.79 Å². The molecule has 0 radical (unpaired) electrons. The van der Waals surface area contributed by atoms with E-state index >= 15 is 0 Å². The number of esters is 1. The third-order valence-electron chi connectivity index (χ3n) is 3.81. The van der Waals surface area contributed by atoms with Crippen molar-refractivity contribution < 1.29 is 9.53 Å². The van der Waals surface area contributed by atoms with Crippen molar-refractivity contribution in [2.24, 2.45) is 5.92 Å². The van der Waals surface area contributed by atoms with Crippen LogP contribution in [0.2, 0.25) is 0 Å². The minimum absolute atomic E-state index is 0.0168. The number of rotatable bonds is 1. The maximum Gasteiger partial charge on any atom is 0.310 e. The number of nitrogens with one attached hydrogen (secondary N) is 1. The van der Waals surface area contributed by atoms with Crippen molar-refractivity contribution in [1.82, 2.24) is 5.32 Å². The van der Waals surface area contributed by atoms with Crippen molar-refractivity contribution in [2.75, 3.05) is 13.7 Å². The van der Waals surface area contributed by atoms with Gasteiger partial charge in [-0.05, 0) is 25.8 Å². The van der Waals surface area contributed by atoms with E-state index in [0.717, 1.165) is 25.8 Å². The van der Waals surface area contributed by atoms with Gasteiger partial charge >= 0.3 is 5.97 Å². The Morgan fingerprint density at radius 1 is 1.36 bits per heavy atom. The fourth-order valence-corrected chi connectivity index (χ4v) is 3.06. The van der Waals surface area contributed by atoms with E-state index in [4.69, 9.17) is 4.74 Å². The Balaban J connectivity index is 2.11. The molecular formula is C11H19NO2. The molecule has 0 aromatic rings. The Kier molecular flexibility index (Phi) is 2.77. The smallest absolute Gasteiger partial charge is 0.310 e. The van der Waals surface area contributed by atoms with Crippen LogP contribution in [0.5, 0.6) is 0 Å². The van der Waals surface area contributed by atoms with Gasteiger partial charge in [0.05, 0.1) is 13.0 Å². The molecule has 0 aromatic carbocycles. The molecule has 1 heterocycles. The van der Waals surface area contributed by atoms with E-state index in [0.29, 0.717) is 0 Å². The molecule has 0 aromatic heterocycles. The molecule has 1 unspecified atom stereocenters. The lowest BCUT2D eigenvalue weighted by molar-refractivity contribution is -0.147. The second-order valence-corrected chi connectivity index (χ2v) is 4.51. The van der Waals surface area contributed by atoms with Crippen molar-refractivity contribution in [2.45, 2.75) is 44.1 Å². The molecule has 1 saturated carbocycles. The van der Waals surface area contributed by atoms with Crippen molar-refractivity contribution >= 4 is 5.97 Å². The minimum atomic E-state index is -0.0168. The summed E-state index contributed by atoms with van der Waals surface area (Å²) in [5.74, 6) is 0.0877. The summed E-state index contributed by atoms with van der Waals surface area (Å²) >= 11 is 0. The van der Waals surface area contributed by atoms with Crippen LogP contribution in [0.25, 0.3) is 0 Å². The summed E-state index contributed by atoms with van der Waals surface area (Å²) < 4.78 is 4.88. The highest BCUT2D eigenvalue weighted by molar-refractivity contribution is 5.74. The van der Waals surface area contributed by atoms with Crippen LogP contribution < -0.4 is 5.32 Å². The van der Waals surface area contributed by atoms with Crippen LogP contribution in [0.4, 0.5) is 0 Å². The number of carbonyl (C=O) groups is 1. The van der Waals surface area contributed by atoms with Gasteiger partial charge < -0.3 is 10.1 Å². The largest absolute Gasteiger partial charge is 0.469 e. The van der Waals surface area contributed by atoms with Gasteiger partial charge in [0.25, 0.3) is 0 Å². The average Bonchev–Trinajstić information content (AvgIpc) is 2.62. The zero-order valence-corrected chi connectivity index (χ0v) is 8.84. The molecule has 3 heteroatoms. The fraction of sp³-hybridized carbons (Fsp3) is 0.909. The van der Waals surface area contributed by atoms with Gasteiger partial charge in [-0.1, -0.05) is 19.3 Å². The van der Waals surface area contributed by atoms with Gasteiger partial charge in [-0.15, -0.1) is 0 Å². The second kappa shape index (κ2) is 3.89. The van der Waals surface area contributed by atoms with Gasteiger partial charge in [-0.2, -0.15) is 0 Å². The Morgan fingerprint density at radius 3 is 2.71 bits per heavy atom. The zero-order chi connectivity index (χ0) is 10.0. The van der Waals surface area contributed by atoms with Crippen LogP contribution in [-0.4, -0.2) is 25.2 Å². The second-order valence-electron chi connectivity index (χ2n) is 4.51. The van der Waals surface area contributed by atoms with E-state index in [1.807, 2.05) is 0 Å². The first kappa shape index (κ1) is 9.97. The lowest BCUT2D eigenvalue weighted by Gasteiger charge is -2.37. The number of hydrogen-bond donors (Lipinski definition) is 1. The molecule has 14 heavy (non-hydrogen) atoms. The number of hydrogen-bond acceptors (Lipinski definition) is 3. The highest BCUT2D eigenvalue weighted by Gasteiger charge is 2.47. The summed E-state index contributed by atoms with van der Waals surface area (Å²) in [7, 11) is 1.50. The maximum atomic E-state index is 11.6. The zero-order valence-electron chi connectivity index (χ0n) is 8.84. The molecule has 1 aliphatic heterocycles. The van der Waals surface area contributed by atoms with Crippen LogP contribution in [0.1, 0.15) is 38.5 Å². The highest BCUT2D eigenvalue weighted by Crippen LogP contribution is 2.39. The maximum absolute atomic E-state index is 11.6. The summed E-state index contributed by atoms with van der Waals surface area (Å²) in [5.41, 5.74) is 0.0886.